The highest BCUT2D eigenvalue weighted by atomic mass is 32.2. The van der Waals surface area contributed by atoms with Gasteiger partial charge in [0.2, 0.25) is 0 Å². The highest BCUT2D eigenvalue weighted by molar-refractivity contribution is 7.99. The maximum Gasteiger partial charge on any atom is 0.337 e. The van der Waals surface area contributed by atoms with Gasteiger partial charge in [-0.15, -0.1) is 21.5 Å². The topological polar surface area (TPSA) is 66.2 Å². The van der Waals surface area contributed by atoms with E-state index in [-0.39, 0.29) is 5.97 Å². The lowest BCUT2D eigenvalue weighted by molar-refractivity contribution is 0.0600. The van der Waals surface area contributed by atoms with Gasteiger partial charge in [-0.25, -0.2) is 4.79 Å². The van der Waals surface area contributed by atoms with Crippen LogP contribution in [0, 0.1) is 0 Å². The summed E-state index contributed by atoms with van der Waals surface area (Å²) in [5.41, 5.74) is 0.507. The molecule has 3 aromatic rings. The quantitative estimate of drug-likeness (QED) is 0.317. The second-order valence-corrected chi connectivity index (χ2v) is 7.44. The van der Waals surface area contributed by atoms with Gasteiger partial charge in [0, 0.05) is 17.2 Å². The van der Waals surface area contributed by atoms with Crippen LogP contribution >= 0.6 is 23.1 Å². The average Bonchev–Trinajstić information content (AvgIpc) is 3.35. The molecule has 0 aliphatic heterocycles. The van der Waals surface area contributed by atoms with Crippen LogP contribution in [0.2, 0.25) is 0 Å². The lowest BCUT2D eigenvalue weighted by Crippen LogP contribution is -2.05. The molecule has 0 radical (unpaired) electrons. The van der Waals surface area contributed by atoms with Gasteiger partial charge in [0.05, 0.1) is 19.3 Å². The Morgan fingerprint density at radius 2 is 2.12 bits per heavy atom. The van der Waals surface area contributed by atoms with E-state index in [9.17, 15) is 4.79 Å². The largest absolute Gasteiger partial charge is 0.493 e. The van der Waals surface area contributed by atoms with Crippen molar-refractivity contribution < 1.29 is 14.3 Å². The number of hydrogen-bond donors (Lipinski definition) is 0. The van der Waals surface area contributed by atoms with Crippen LogP contribution in [0.4, 0.5) is 0 Å². The molecule has 136 valence electrons. The summed E-state index contributed by atoms with van der Waals surface area (Å²) in [4.78, 5) is 12.8. The van der Waals surface area contributed by atoms with Crippen molar-refractivity contribution in [3.05, 3.63) is 58.5 Å². The summed E-state index contributed by atoms with van der Waals surface area (Å²) in [5.74, 6) is 1.13. The van der Waals surface area contributed by atoms with Crippen molar-refractivity contribution in [2.24, 2.45) is 0 Å². The third-order valence-electron chi connectivity index (χ3n) is 3.62. The average molecular weight is 390 g/mol. The standard InChI is InChI=1S/C18H19N3O3S2/c1-23-17(22)14-4-6-15(7-5-14)24-10-12-26-18-20-19-13-21(18)9-8-16-3-2-11-25-16/h2-7,11,13H,8-10,12H2,1H3. The summed E-state index contributed by atoms with van der Waals surface area (Å²) in [6.07, 6.45) is 2.74. The molecule has 0 unspecified atom stereocenters. The lowest BCUT2D eigenvalue weighted by atomic mass is 10.2. The molecular formula is C18H19N3O3S2. The summed E-state index contributed by atoms with van der Waals surface area (Å²) in [6, 6.07) is 11.1. The van der Waals surface area contributed by atoms with E-state index in [1.54, 1.807) is 53.7 Å². The Morgan fingerprint density at radius 3 is 2.85 bits per heavy atom. The summed E-state index contributed by atoms with van der Waals surface area (Å²) in [6.45, 7) is 1.41. The van der Waals surface area contributed by atoms with Crippen LogP contribution in [0.15, 0.2) is 53.3 Å². The van der Waals surface area contributed by atoms with Crippen molar-refractivity contribution >= 4 is 29.1 Å². The molecule has 2 aromatic heterocycles. The van der Waals surface area contributed by atoms with E-state index >= 15 is 0 Å². The van der Waals surface area contributed by atoms with Gasteiger partial charge in [0.15, 0.2) is 5.16 Å². The van der Waals surface area contributed by atoms with Crippen molar-refractivity contribution in [2.75, 3.05) is 19.5 Å². The first kappa shape index (κ1) is 18.5. The molecule has 1 aromatic carbocycles. The van der Waals surface area contributed by atoms with Crippen LogP contribution in [0.1, 0.15) is 15.2 Å². The van der Waals surface area contributed by atoms with Crippen LogP contribution < -0.4 is 4.74 Å². The number of carbonyl (C=O) groups excluding carboxylic acids is 1. The fourth-order valence-corrected chi connectivity index (χ4v) is 3.75. The van der Waals surface area contributed by atoms with E-state index in [2.05, 4.69) is 37.0 Å². The van der Waals surface area contributed by atoms with Crippen LogP contribution in [0.3, 0.4) is 0 Å². The van der Waals surface area contributed by atoms with Gasteiger partial charge in [0.25, 0.3) is 0 Å². The van der Waals surface area contributed by atoms with E-state index in [0.29, 0.717) is 12.2 Å². The van der Waals surface area contributed by atoms with E-state index < -0.39 is 0 Å². The maximum absolute atomic E-state index is 11.4. The molecule has 0 atom stereocenters. The molecule has 2 heterocycles. The molecule has 0 aliphatic carbocycles. The van der Waals surface area contributed by atoms with E-state index in [0.717, 1.165) is 29.6 Å². The molecule has 0 amide bonds. The summed E-state index contributed by atoms with van der Waals surface area (Å²) >= 11 is 3.38. The zero-order valence-corrected chi connectivity index (χ0v) is 16.0. The highest BCUT2D eigenvalue weighted by Gasteiger charge is 2.07. The summed E-state index contributed by atoms with van der Waals surface area (Å²) in [7, 11) is 1.36. The minimum absolute atomic E-state index is 0.353. The van der Waals surface area contributed by atoms with Gasteiger partial charge < -0.3 is 14.0 Å². The molecule has 0 N–H and O–H groups in total. The Hall–Kier alpha value is -2.32. The number of methoxy groups -OCH3 is 1. The van der Waals surface area contributed by atoms with Crippen molar-refractivity contribution in [1.82, 2.24) is 14.8 Å². The van der Waals surface area contributed by atoms with Crippen molar-refractivity contribution in [1.29, 1.82) is 0 Å². The van der Waals surface area contributed by atoms with Gasteiger partial charge >= 0.3 is 5.97 Å². The number of esters is 1. The number of rotatable bonds is 9. The van der Waals surface area contributed by atoms with Gasteiger partial charge in [-0.2, -0.15) is 0 Å². The summed E-state index contributed by atoms with van der Waals surface area (Å²) in [5, 5.41) is 11.2. The zero-order chi connectivity index (χ0) is 18.2. The third-order valence-corrected chi connectivity index (χ3v) is 5.50. The number of benzene rings is 1. The number of aryl methyl sites for hydroxylation is 2. The van der Waals surface area contributed by atoms with Gasteiger partial charge in [-0.1, -0.05) is 17.8 Å². The molecule has 26 heavy (non-hydrogen) atoms. The number of aromatic nitrogens is 3. The monoisotopic (exact) mass is 389 g/mol. The molecular weight excluding hydrogens is 370 g/mol. The number of ether oxygens (including phenoxy) is 2. The molecule has 0 aliphatic rings. The van der Waals surface area contributed by atoms with E-state index in [1.165, 1.54) is 12.0 Å². The minimum atomic E-state index is -0.353. The van der Waals surface area contributed by atoms with Crippen LogP contribution in [-0.4, -0.2) is 40.2 Å². The number of carbonyl (C=O) groups is 1. The molecule has 3 rings (SSSR count). The molecule has 0 bridgehead atoms. The first-order valence-corrected chi connectivity index (χ1v) is 9.97. The highest BCUT2D eigenvalue weighted by Crippen LogP contribution is 2.18. The normalized spacial score (nSPS) is 10.7. The smallest absolute Gasteiger partial charge is 0.337 e. The molecule has 0 saturated heterocycles. The van der Waals surface area contributed by atoms with Crippen molar-refractivity contribution in [2.45, 2.75) is 18.1 Å². The number of nitrogens with zero attached hydrogens (tertiary/aromatic N) is 3. The number of hydrogen-bond acceptors (Lipinski definition) is 7. The minimum Gasteiger partial charge on any atom is -0.493 e. The van der Waals surface area contributed by atoms with Crippen LogP contribution in [0.25, 0.3) is 0 Å². The van der Waals surface area contributed by atoms with Crippen molar-refractivity contribution in [3.8, 4) is 5.75 Å². The summed E-state index contributed by atoms with van der Waals surface area (Å²) < 4.78 is 12.4. The first-order chi connectivity index (χ1) is 12.8. The Labute approximate surface area is 160 Å². The Bertz CT molecular complexity index is 817. The number of thiophene rings is 1. The number of thioether (sulfide) groups is 1. The Balaban J connectivity index is 1.42. The zero-order valence-electron chi connectivity index (χ0n) is 14.3. The molecule has 0 spiro atoms. The Morgan fingerprint density at radius 1 is 1.27 bits per heavy atom. The second-order valence-electron chi connectivity index (χ2n) is 5.35. The molecule has 6 nitrogen and oxygen atoms in total. The van der Waals surface area contributed by atoms with Crippen LogP contribution in [-0.2, 0) is 17.7 Å². The predicted molar refractivity (Wildman–Crippen MR) is 102 cm³/mol. The van der Waals surface area contributed by atoms with E-state index in [1.807, 2.05) is 0 Å². The molecule has 0 fully saturated rings. The SMILES string of the molecule is COC(=O)c1ccc(OCCSc2nncn2CCc2cccs2)cc1. The maximum atomic E-state index is 11.4. The first-order valence-electron chi connectivity index (χ1n) is 8.10. The van der Waals surface area contributed by atoms with E-state index in [4.69, 9.17) is 4.74 Å². The molecule has 8 heteroatoms. The van der Waals surface area contributed by atoms with Crippen LogP contribution in [0.5, 0.6) is 5.75 Å². The van der Waals surface area contributed by atoms with Gasteiger partial charge in [-0.05, 0) is 42.1 Å². The lowest BCUT2D eigenvalue weighted by Gasteiger charge is -2.08. The van der Waals surface area contributed by atoms with Crippen molar-refractivity contribution in [3.63, 3.8) is 0 Å². The predicted octanol–water partition coefficient (Wildman–Crippen LogP) is 3.54. The molecule has 0 saturated carbocycles. The fraction of sp³-hybridized carbons (Fsp3) is 0.278. The fourth-order valence-electron chi connectivity index (χ4n) is 2.29. The third kappa shape index (κ3) is 5.09. The second kappa shape index (κ2) is 9.40. The van der Waals surface area contributed by atoms with Gasteiger partial charge in [0.1, 0.15) is 12.1 Å². The van der Waals surface area contributed by atoms with Gasteiger partial charge in [-0.3, -0.25) is 0 Å². The Kier molecular flexibility index (Phi) is 6.68.